The third kappa shape index (κ3) is 5.97. The first-order valence-corrected chi connectivity index (χ1v) is 12.0. The van der Waals surface area contributed by atoms with E-state index in [1.807, 2.05) is 42.8 Å². The van der Waals surface area contributed by atoms with Gasteiger partial charge in [-0.05, 0) is 62.2 Å². The van der Waals surface area contributed by atoms with Gasteiger partial charge in [-0.15, -0.1) is 0 Å². The van der Waals surface area contributed by atoms with Crippen LogP contribution in [0.2, 0.25) is 0 Å². The fourth-order valence-corrected chi connectivity index (χ4v) is 4.60. The fourth-order valence-electron chi connectivity index (χ4n) is 4.38. The van der Waals surface area contributed by atoms with Gasteiger partial charge in [0.25, 0.3) is 0 Å². The van der Waals surface area contributed by atoms with Crippen LogP contribution in [0.1, 0.15) is 42.9 Å². The molecule has 7 nitrogen and oxygen atoms in total. The first-order valence-electron chi connectivity index (χ1n) is 11.6. The van der Waals surface area contributed by atoms with Crippen LogP contribution >= 0.6 is 12.2 Å². The predicted molar refractivity (Wildman–Crippen MR) is 133 cm³/mol. The van der Waals surface area contributed by atoms with Gasteiger partial charge in [0.1, 0.15) is 5.82 Å². The molecule has 1 aliphatic heterocycles. The highest BCUT2D eigenvalue weighted by Crippen LogP contribution is 2.24. The Labute approximate surface area is 204 Å². The highest BCUT2D eigenvalue weighted by atomic mass is 32.1. The van der Waals surface area contributed by atoms with Gasteiger partial charge in [-0.25, -0.2) is 4.39 Å². The van der Waals surface area contributed by atoms with E-state index in [-0.39, 0.29) is 23.8 Å². The average molecular weight is 483 g/mol. The summed E-state index contributed by atoms with van der Waals surface area (Å²) in [6.45, 7) is 3.20. The highest BCUT2D eigenvalue weighted by Gasteiger charge is 2.25. The number of carbonyl (C=O) groups is 1. The van der Waals surface area contributed by atoms with E-state index in [2.05, 4.69) is 27.1 Å². The van der Waals surface area contributed by atoms with Crippen molar-refractivity contribution in [3.05, 3.63) is 70.2 Å². The Morgan fingerprint density at radius 3 is 2.85 bits per heavy atom. The van der Waals surface area contributed by atoms with Gasteiger partial charge in [0, 0.05) is 44.2 Å². The maximum absolute atomic E-state index is 13.5. The molecule has 0 spiro atoms. The maximum atomic E-state index is 13.5. The van der Waals surface area contributed by atoms with Crippen LogP contribution in [0.15, 0.2) is 48.5 Å². The second-order valence-electron chi connectivity index (χ2n) is 8.91. The van der Waals surface area contributed by atoms with Crippen LogP contribution in [-0.4, -0.2) is 45.2 Å². The monoisotopic (exact) mass is 482 g/mol. The zero-order valence-electron chi connectivity index (χ0n) is 19.6. The van der Waals surface area contributed by atoms with Crippen LogP contribution in [0.5, 0.6) is 0 Å². The summed E-state index contributed by atoms with van der Waals surface area (Å²) in [5.41, 5.74) is 9.62. The van der Waals surface area contributed by atoms with Crippen molar-refractivity contribution in [1.29, 1.82) is 0 Å². The number of benzene rings is 2. The third-order valence-electron chi connectivity index (χ3n) is 6.29. The van der Waals surface area contributed by atoms with Crippen molar-refractivity contribution < 1.29 is 9.18 Å². The van der Waals surface area contributed by atoms with E-state index >= 15 is 0 Å². The van der Waals surface area contributed by atoms with Crippen molar-refractivity contribution in [3.8, 4) is 11.4 Å². The molecule has 9 heteroatoms. The standard InChI is InChI=1S/C25H31FN6OS/c1-17-6-3-8-19(14-17)24-29-30-25(34)32(24)13-11-23(33)31(2)12-5-10-21-16-22(28-27-21)18-7-4-9-20(26)15-18/h3-4,6-9,14-15,21-22,27-28H,5,10-13,16H2,1-2H3,(H,30,34). The molecule has 180 valence electrons. The summed E-state index contributed by atoms with van der Waals surface area (Å²) in [5.74, 6) is 0.607. The van der Waals surface area contributed by atoms with Gasteiger partial charge in [-0.2, -0.15) is 5.10 Å². The molecule has 0 aliphatic carbocycles. The van der Waals surface area contributed by atoms with Gasteiger partial charge >= 0.3 is 0 Å². The second-order valence-corrected chi connectivity index (χ2v) is 9.30. The van der Waals surface area contributed by atoms with Crippen molar-refractivity contribution in [2.24, 2.45) is 0 Å². The minimum atomic E-state index is -0.217. The normalized spacial score (nSPS) is 17.7. The molecular formula is C25H31FN6OS. The molecule has 34 heavy (non-hydrogen) atoms. The SMILES string of the molecule is Cc1cccc(-c2n[nH]c(=S)n2CCC(=O)N(C)CCCC2CC(c3cccc(F)c3)NN2)c1. The molecule has 1 amide bonds. The summed E-state index contributed by atoms with van der Waals surface area (Å²) in [4.78, 5) is 14.5. The number of nitrogens with zero attached hydrogens (tertiary/aromatic N) is 3. The molecule has 3 N–H and O–H groups in total. The summed E-state index contributed by atoms with van der Waals surface area (Å²) in [6.07, 6.45) is 3.06. The van der Waals surface area contributed by atoms with Crippen LogP contribution < -0.4 is 10.9 Å². The molecule has 2 aromatic carbocycles. The van der Waals surface area contributed by atoms with Crippen molar-refractivity contribution >= 4 is 18.1 Å². The van der Waals surface area contributed by atoms with E-state index in [0.717, 1.165) is 41.8 Å². The number of amides is 1. The number of aromatic nitrogens is 3. The van der Waals surface area contributed by atoms with E-state index in [4.69, 9.17) is 12.2 Å². The molecule has 0 saturated carbocycles. The van der Waals surface area contributed by atoms with Crippen LogP contribution in [0, 0.1) is 17.5 Å². The Bertz CT molecular complexity index is 1190. The third-order valence-corrected chi connectivity index (χ3v) is 6.60. The number of hydrogen-bond donors (Lipinski definition) is 3. The largest absolute Gasteiger partial charge is 0.346 e. The minimum absolute atomic E-state index is 0.0773. The van der Waals surface area contributed by atoms with Gasteiger partial charge in [-0.3, -0.25) is 25.3 Å². The molecule has 0 bridgehead atoms. The Balaban J connectivity index is 1.23. The summed E-state index contributed by atoms with van der Waals surface area (Å²) in [6, 6.07) is 15.2. The number of carbonyl (C=O) groups excluding carboxylic acids is 1. The molecule has 2 heterocycles. The molecule has 1 saturated heterocycles. The van der Waals surface area contributed by atoms with Crippen molar-refractivity contribution in [1.82, 2.24) is 30.5 Å². The van der Waals surface area contributed by atoms with Gasteiger partial charge in [0.05, 0.1) is 0 Å². The van der Waals surface area contributed by atoms with Gasteiger partial charge in [-0.1, -0.05) is 35.9 Å². The van der Waals surface area contributed by atoms with Gasteiger partial charge in [0.2, 0.25) is 5.91 Å². The lowest BCUT2D eigenvalue weighted by atomic mass is 9.99. The zero-order valence-corrected chi connectivity index (χ0v) is 20.4. The molecule has 1 aromatic heterocycles. The van der Waals surface area contributed by atoms with Crippen molar-refractivity contribution in [2.45, 2.75) is 51.2 Å². The van der Waals surface area contributed by atoms with E-state index < -0.39 is 0 Å². The van der Waals surface area contributed by atoms with Gasteiger partial charge < -0.3 is 4.90 Å². The first-order chi connectivity index (χ1) is 16.4. The molecule has 4 rings (SSSR count). The van der Waals surface area contributed by atoms with Crippen LogP contribution in [0.3, 0.4) is 0 Å². The quantitative estimate of drug-likeness (QED) is 0.397. The topological polar surface area (TPSA) is 78.0 Å². The number of aromatic amines is 1. The molecular weight excluding hydrogens is 451 g/mol. The number of hydrogen-bond acceptors (Lipinski definition) is 5. The number of rotatable bonds is 9. The molecule has 2 atom stereocenters. The Morgan fingerprint density at radius 2 is 2.06 bits per heavy atom. The summed E-state index contributed by atoms with van der Waals surface area (Å²) in [7, 11) is 1.84. The Kier molecular flexibility index (Phi) is 7.87. The predicted octanol–water partition coefficient (Wildman–Crippen LogP) is 4.29. The van der Waals surface area contributed by atoms with Crippen LogP contribution in [0.4, 0.5) is 4.39 Å². The second kappa shape index (κ2) is 11.0. The summed E-state index contributed by atoms with van der Waals surface area (Å²) in [5, 5.41) is 7.21. The minimum Gasteiger partial charge on any atom is -0.346 e. The number of halogens is 1. The van der Waals surface area contributed by atoms with E-state index in [1.54, 1.807) is 17.0 Å². The average Bonchev–Trinajstić information content (AvgIpc) is 3.44. The number of hydrazine groups is 1. The lowest BCUT2D eigenvalue weighted by Gasteiger charge is -2.18. The summed E-state index contributed by atoms with van der Waals surface area (Å²) >= 11 is 5.39. The zero-order chi connectivity index (χ0) is 24.1. The van der Waals surface area contributed by atoms with Crippen molar-refractivity contribution in [2.75, 3.05) is 13.6 Å². The van der Waals surface area contributed by atoms with E-state index in [1.165, 1.54) is 6.07 Å². The maximum Gasteiger partial charge on any atom is 0.224 e. The van der Waals surface area contributed by atoms with E-state index in [0.29, 0.717) is 24.3 Å². The molecule has 0 radical (unpaired) electrons. The highest BCUT2D eigenvalue weighted by molar-refractivity contribution is 7.71. The number of aryl methyl sites for hydroxylation is 1. The lowest BCUT2D eigenvalue weighted by Crippen LogP contribution is -2.32. The van der Waals surface area contributed by atoms with Gasteiger partial charge in [0.15, 0.2) is 10.6 Å². The van der Waals surface area contributed by atoms with Crippen LogP contribution in [0.25, 0.3) is 11.4 Å². The van der Waals surface area contributed by atoms with Crippen molar-refractivity contribution in [3.63, 3.8) is 0 Å². The van der Waals surface area contributed by atoms with Crippen LogP contribution in [-0.2, 0) is 11.3 Å². The lowest BCUT2D eigenvalue weighted by molar-refractivity contribution is -0.130. The summed E-state index contributed by atoms with van der Waals surface area (Å²) < 4.78 is 15.9. The molecule has 3 aromatic rings. The molecule has 1 aliphatic rings. The number of H-pyrrole nitrogens is 1. The number of nitrogens with one attached hydrogen (secondary N) is 3. The van der Waals surface area contributed by atoms with E-state index in [9.17, 15) is 9.18 Å². The Hall–Kier alpha value is -2.88. The Morgan fingerprint density at radius 1 is 1.24 bits per heavy atom. The molecule has 2 unspecified atom stereocenters. The molecule has 1 fully saturated rings. The fraction of sp³-hybridized carbons (Fsp3) is 0.400. The smallest absolute Gasteiger partial charge is 0.224 e. The first kappa shape index (κ1) is 24.3.